The van der Waals surface area contributed by atoms with Crippen molar-refractivity contribution in [1.82, 2.24) is 15.1 Å². The number of amides is 1. The highest BCUT2D eigenvalue weighted by Crippen LogP contribution is 2.41. The quantitative estimate of drug-likeness (QED) is 0.580. The van der Waals surface area contributed by atoms with Gasteiger partial charge in [-0.1, -0.05) is 32.4 Å². The predicted molar refractivity (Wildman–Crippen MR) is 128 cm³/mol. The van der Waals surface area contributed by atoms with Crippen molar-refractivity contribution in [3.05, 3.63) is 40.7 Å². The third-order valence-electron chi connectivity index (χ3n) is 6.03. The maximum absolute atomic E-state index is 13.4. The molecule has 2 heterocycles. The third kappa shape index (κ3) is 5.68. The van der Waals surface area contributed by atoms with Crippen LogP contribution in [0.3, 0.4) is 0 Å². The summed E-state index contributed by atoms with van der Waals surface area (Å²) >= 11 is 5.99. The van der Waals surface area contributed by atoms with Crippen LogP contribution in [0.15, 0.2) is 24.3 Å². The second-order valence-corrected chi connectivity index (χ2v) is 11.1. The van der Waals surface area contributed by atoms with Gasteiger partial charge >= 0.3 is 10.3 Å². The average Bonchev–Trinajstić information content (AvgIpc) is 3.05. The van der Waals surface area contributed by atoms with Gasteiger partial charge in [-0.25, -0.2) is 4.31 Å². The molecule has 1 amide bonds. The fourth-order valence-corrected chi connectivity index (χ4v) is 4.67. The van der Waals surface area contributed by atoms with Gasteiger partial charge in [0.05, 0.1) is 11.4 Å². The first-order valence-corrected chi connectivity index (χ1v) is 12.6. The van der Waals surface area contributed by atoms with Crippen molar-refractivity contribution in [3.63, 3.8) is 0 Å². The molecule has 1 aromatic heterocycles. The Bertz CT molecular complexity index is 1100. The number of carbonyl (C=O) groups excluding carboxylic acids is 1. The zero-order valence-electron chi connectivity index (χ0n) is 19.5. The third-order valence-corrected chi connectivity index (χ3v) is 7.14. The van der Waals surface area contributed by atoms with Gasteiger partial charge in [0.2, 0.25) is 0 Å². The minimum Gasteiger partial charge on any atom is -0.381 e. The number of benzene rings is 1. The normalized spacial score (nSPS) is 16.5. The van der Waals surface area contributed by atoms with Crippen molar-refractivity contribution >= 4 is 39.2 Å². The zero-order valence-corrected chi connectivity index (χ0v) is 21.1. The van der Waals surface area contributed by atoms with Crippen LogP contribution in [0.25, 0.3) is 0 Å². The first-order valence-electron chi connectivity index (χ1n) is 10.8. The Morgan fingerprint density at radius 2 is 1.85 bits per heavy atom. The smallest absolute Gasteiger partial charge is 0.364 e. The lowest BCUT2D eigenvalue weighted by atomic mass is 9.88. The number of hydrogen-bond acceptors (Lipinski definition) is 5. The fraction of sp³-hybridized carbons (Fsp3) is 0.545. The van der Waals surface area contributed by atoms with Crippen LogP contribution in [0, 0.1) is 5.41 Å². The molecule has 11 heteroatoms. The summed E-state index contributed by atoms with van der Waals surface area (Å²) in [7, 11) is -3.15. The molecule has 1 unspecified atom stereocenters. The molecule has 182 valence electrons. The standard InChI is InChI=1S/C22H31ClN4O5S/c1-14(22(2,3)4)24-21(28)18-20(19(26(5)25-18)15-10-12-32-13-11-15)27(33(29,30)31)17-8-6-16(23)7-9-17/h6-9,14-15H,10-13H2,1-5H3,(H,24,28)(H,29,30,31). The molecule has 1 saturated heterocycles. The van der Waals surface area contributed by atoms with E-state index in [1.54, 1.807) is 7.05 Å². The Balaban J connectivity index is 2.22. The SMILES string of the molecule is CC(NC(=O)c1nn(C)c(C2CCOCC2)c1N(c1ccc(Cl)cc1)S(=O)(=O)O)C(C)(C)C. The monoisotopic (exact) mass is 498 g/mol. The summed E-state index contributed by atoms with van der Waals surface area (Å²) in [5.74, 6) is -0.631. The van der Waals surface area contributed by atoms with E-state index in [4.69, 9.17) is 16.3 Å². The molecule has 1 fully saturated rings. The summed E-state index contributed by atoms with van der Waals surface area (Å²) in [5, 5.41) is 7.75. The predicted octanol–water partition coefficient (Wildman–Crippen LogP) is 4.07. The number of nitrogens with one attached hydrogen (secondary N) is 1. The van der Waals surface area contributed by atoms with Crippen LogP contribution in [0.5, 0.6) is 0 Å². The number of aromatic nitrogens is 2. The summed E-state index contributed by atoms with van der Waals surface area (Å²) in [6, 6.07) is 5.75. The molecule has 2 aromatic rings. The Labute approximate surface area is 199 Å². The van der Waals surface area contributed by atoms with E-state index in [-0.39, 0.29) is 34.4 Å². The van der Waals surface area contributed by atoms with Gasteiger partial charge in [-0.15, -0.1) is 0 Å². The van der Waals surface area contributed by atoms with Crippen molar-refractivity contribution in [2.24, 2.45) is 12.5 Å². The molecular formula is C22H31ClN4O5S. The number of aryl methyl sites for hydroxylation is 1. The Hall–Kier alpha value is -2.14. The van der Waals surface area contributed by atoms with Gasteiger partial charge in [-0.3, -0.25) is 14.0 Å². The minimum atomic E-state index is -4.82. The summed E-state index contributed by atoms with van der Waals surface area (Å²) in [4.78, 5) is 13.4. The van der Waals surface area contributed by atoms with Gasteiger partial charge in [0, 0.05) is 37.2 Å². The molecule has 1 aromatic carbocycles. The molecule has 9 nitrogen and oxygen atoms in total. The maximum atomic E-state index is 13.4. The van der Waals surface area contributed by atoms with Crippen LogP contribution >= 0.6 is 11.6 Å². The van der Waals surface area contributed by atoms with Crippen molar-refractivity contribution in [1.29, 1.82) is 0 Å². The Morgan fingerprint density at radius 3 is 2.36 bits per heavy atom. The van der Waals surface area contributed by atoms with Crippen molar-refractivity contribution in [2.45, 2.75) is 52.5 Å². The van der Waals surface area contributed by atoms with E-state index in [1.165, 1.54) is 28.9 Å². The van der Waals surface area contributed by atoms with E-state index in [0.29, 0.717) is 36.8 Å². The summed E-state index contributed by atoms with van der Waals surface area (Å²) in [5.41, 5.74) is 0.406. The number of carbonyl (C=O) groups is 1. The van der Waals surface area contributed by atoms with Crippen LogP contribution in [0.2, 0.25) is 5.02 Å². The molecule has 1 aliphatic heterocycles. The first kappa shape index (κ1) is 25.5. The first-order chi connectivity index (χ1) is 15.3. The van der Waals surface area contributed by atoms with E-state index < -0.39 is 16.2 Å². The number of hydrogen-bond donors (Lipinski definition) is 2. The molecule has 1 aliphatic rings. The van der Waals surface area contributed by atoms with Crippen LogP contribution in [-0.4, -0.2) is 47.9 Å². The van der Waals surface area contributed by atoms with E-state index in [0.717, 1.165) is 4.31 Å². The molecule has 1 atom stereocenters. The number of ether oxygens (including phenoxy) is 1. The lowest BCUT2D eigenvalue weighted by molar-refractivity contribution is 0.0838. The van der Waals surface area contributed by atoms with Gasteiger partial charge in [-0.2, -0.15) is 13.5 Å². The molecular weight excluding hydrogens is 468 g/mol. The van der Waals surface area contributed by atoms with Crippen LogP contribution < -0.4 is 9.62 Å². The largest absolute Gasteiger partial charge is 0.381 e. The zero-order chi connectivity index (χ0) is 24.6. The number of nitrogens with zero attached hydrogens (tertiary/aromatic N) is 3. The Morgan fingerprint density at radius 1 is 1.27 bits per heavy atom. The number of halogens is 1. The van der Waals surface area contributed by atoms with Crippen molar-refractivity contribution < 1.29 is 22.5 Å². The van der Waals surface area contributed by atoms with Gasteiger partial charge in [-0.05, 0) is 49.4 Å². The summed E-state index contributed by atoms with van der Waals surface area (Å²) in [6.07, 6.45) is 1.26. The van der Waals surface area contributed by atoms with Gasteiger partial charge in [0.1, 0.15) is 5.69 Å². The second kappa shape index (κ2) is 9.61. The van der Waals surface area contributed by atoms with Crippen LogP contribution in [0.4, 0.5) is 11.4 Å². The van der Waals surface area contributed by atoms with E-state index in [9.17, 15) is 17.8 Å². The topological polar surface area (TPSA) is 114 Å². The van der Waals surface area contributed by atoms with Crippen LogP contribution in [-0.2, 0) is 22.1 Å². The van der Waals surface area contributed by atoms with E-state index >= 15 is 0 Å². The highest BCUT2D eigenvalue weighted by atomic mass is 35.5. The van der Waals surface area contributed by atoms with Gasteiger partial charge in [0.15, 0.2) is 5.69 Å². The van der Waals surface area contributed by atoms with E-state index in [1.807, 2.05) is 27.7 Å². The molecule has 0 spiro atoms. The van der Waals surface area contributed by atoms with Gasteiger partial charge < -0.3 is 10.1 Å². The molecule has 3 rings (SSSR count). The lowest BCUT2D eigenvalue weighted by Gasteiger charge is -2.29. The van der Waals surface area contributed by atoms with Crippen molar-refractivity contribution in [2.75, 3.05) is 17.5 Å². The summed E-state index contributed by atoms with van der Waals surface area (Å²) < 4.78 is 43.4. The number of rotatable bonds is 6. The highest BCUT2D eigenvalue weighted by Gasteiger charge is 2.37. The molecule has 33 heavy (non-hydrogen) atoms. The minimum absolute atomic E-state index is 0.0350. The van der Waals surface area contributed by atoms with E-state index in [2.05, 4.69) is 10.4 Å². The average molecular weight is 499 g/mol. The molecule has 0 aliphatic carbocycles. The fourth-order valence-electron chi connectivity index (χ4n) is 3.74. The highest BCUT2D eigenvalue weighted by molar-refractivity contribution is 7.87. The molecule has 0 bridgehead atoms. The number of anilines is 2. The lowest BCUT2D eigenvalue weighted by Crippen LogP contribution is -2.42. The maximum Gasteiger partial charge on any atom is 0.364 e. The molecule has 0 radical (unpaired) electrons. The molecule has 0 saturated carbocycles. The summed E-state index contributed by atoms with van der Waals surface area (Å²) in [6.45, 7) is 8.85. The Kier molecular flexibility index (Phi) is 7.42. The van der Waals surface area contributed by atoms with Gasteiger partial charge in [0.25, 0.3) is 5.91 Å². The van der Waals surface area contributed by atoms with Crippen molar-refractivity contribution in [3.8, 4) is 0 Å². The van der Waals surface area contributed by atoms with Crippen LogP contribution in [0.1, 0.15) is 62.6 Å². The molecule has 2 N–H and O–H groups in total. The second-order valence-electron chi connectivity index (χ2n) is 9.37.